The molecule has 2 amide bonds. The van der Waals surface area contributed by atoms with Gasteiger partial charge in [-0.15, -0.1) is 5.10 Å². The summed E-state index contributed by atoms with van der Waals surface area (Å²) in [6.45, 7) is 3.69. The van der Waals surface area contributed by atoms with Gasteiger partial charge in [0.1, 0.15) is 5.69 Å². The highest BCUT2D eigenvalue weighted by Gasteiger charge is 2.32. The summed E-state index contributed by atoms with van der Waals surface area (Å²) in [5.74, 6) is -0.0624. The summed E-state index contributed by atoms with van der Waals surface area (Å²) in [4.78, 5) is 25.2. The maximum atomic E-state index is 12.0. The number of likely N-dealkylation sites (tertiary alicyclic amines) is 1. The first-order valence-electron chi connectivity index (χ1n) is 8.19. The molecule has 1 aromatic carbocycles. The van der Waals surface area contributed by atoms with Gasteiger partial charge in [-0.3, -0.25) is 9.59 Å². The molecule has 7 nitrogen and oxygen atoms in total. The molecule has 2 aromatic rings. The van der Waals surface area contributed by atoms with Gasteiger partial charge in [0, 0.05) is 38.0 Å². The Morgan fingerprint density at radius 2 is 1.96 bits per heavy atom. The van der Waals surface area contributed by atoms with Gasteiger partial charge >= 0.3 is 0 Å². The minimum atomic E-state index is -0.0771. The molecular formula is C17H21N5O2. The van der Waals surface area contributed by atoms with Crippen LogP contribution in [-0.2, 0) is 9.59 Å². The monoisotopic (exact) mass is 327 g/mol. The number of hydrogen-bond acceptors (Lipinski definition) is 4. The highest BCUT2D eigenvalue weighted by molar-refractivity contribution is 5.84. The van der Waals surface area contributed by atoms with Crippen LogP contribution in [0.15, 0.2) is 36.5 Å². The molecule has 0 radical (unpaired) electrons. The molecule has 1 N–H and O–H groups in total. The zero-order valence-corrected chi connectivity index (χ0v) is 13.7. The van der Waals surface area contributed by atoms with E-state index in [1.165, 1.54) is 0 Å². The van der Waals surface area contributed by atoms with Crippen molar-refractivity contribution in [2.24, 2.45) is 0 Å². The standard InChI is InChI=1S/C17H21N5O2/c1-2-18-16(23)8-9-17(24)21-10-14(11-21)22-12-15(19-20-22)13-6-4-3-5-7-13/h3-7,12,14H,2,8-11H2,1H3,(H,18,23). The van der Waals surface area contributed by atoms with Gasteiger partial charge in [0.15, 0.2) is 0 Å². The van der Waals surface area contributed by atoms with Gasteiger partial charge in [0.2, 0.25) is 11.8 Å². The van der Waals surface area contributed by atoms with Crippen molar-refractivity contribution in [3.8, 4) is 11.3 Å². The number of nitrogens with one attached hydrogen (secondary N) is 1. The summed E-state index contributed by atoms with van der Waals surface area (Å²) in [5, 5.41) is 11.1. The van der Waals surface area contributed by atoms with Crippen molar-refractivity contribution in [1.82, 2.24) is 25.2 Å². The Morgan fingerprint density at radius 1 is 1.21 bits per heavy atom. The van der Waals surface area contributed by atoms with Gasteiger partial charge in [-0.1, -0.05) is 35.5 Å². The Morgan fingerprint density at radius 3 is 2.67 bits per heavy atom. The second-order valence-corrected chi connectivity index (χ2v) is 5.86. The molecular weight excluding hydrogens is 306 g/mol. The van der Waals surface area contributed by atoms with Gasteiger partial charge < -0.3 is 10.2 Å². The van der Waals surface area contributed by atoms with Crippen molar-refractivity contribution >= 4 is 11.8 Å². The smallest absolute Gasteiger partial charge is 0.223 e. The fourth-order valence-corrected chi connectivity index (χ4v) is 2.69. The number of rotatable bonds is 6. The molecule has 1 aliphatic heterocycles. The summed E-state index contributed by atoms with van der Waals surface area (Å²) in [6.07, 6.45) is 2.41. The van der Waals surface area contributed by atoms with E-state index in [1.54, 1.807) is 4.90 Å². The van der Waals surface area contributed by atoms with Crippen LogP contribution in [0, 0.1) is 0 Å². The van der Waals surface area contributed by atoms with Crippen LogP contribution in [-0.4, -0.2) is 51.3 Å². The van der Waals surface area contributed by atoms with Crippen molar-refractivity contribution in [3.63, 3.8) is 0 Å². The SMILES string of the molecule is CCNC(=O)CCC(=O)N1CC(n2cc(-c3ccccc3)nn2)C1. The lowest BCUT2D eigenvalue weighted by atomic mass is 10.1. The average Bonchev–Trinajstić information content (AvgIpc) is 3.02. The van der Waals surface area contributed by atoms with E-state index >= 15 is 0 Å². The number of aromatic nitrogens is 3. The van der Waals surface area contributed by atoms with Crippen LogP contribution < -0.4 is 5.32 Å². The highest BCUT2D eigenvalue weighted by atomic mass is 16.2. The van der Waals surface area contributed by atoms with E-state index in [9.17, 15) is 9.59 Å². The number of benzene rings is 1. The van der Waals surface area contributed by atoms with Gasteiger partial charge in [0.25, 0.3) is 0 Å². The van der Waals surface area contributed by atoms with Gasteiger partial charge in [0.05, 0.1) is 12.2 Å². The normalized spacial score (nSPS) is 14.3. The van der Waals surface area contributed by atoms with E-state index in [-0.39, 0.29) is 30.7 Å². The second-order valence-electron chi connectivity index (χ2n) is 5.86. The molecule has 0 aliphatic carbocycles. The first kappa shape index (κ1) is 16.2. The molecule has 2 heterocycles. The van der Waals surface area contributed by atoms with E-state index in [1.807, 2.05) is 48.1 Å². The Hall–Kier alpha value is -2.70. The zero-order chi connectivity index (χ0) is 16.9. The van der Waals surface area contributed by atoms with Crippen molar-refractivity contribution in [2.75, 3.05) is 19.6 Å². The Balaban J connectivity index is 1.49. The van der Waals surface area contributed by atoms with Crippen LogP contribution in [0.1, 0.15) is 25.8 Å². The van der Waals surface area contributed by atoms with Crippen LogP contribution >= 0.6 is 0 Å². The third-order valence-electron chi connectivity index (χ3n) is 4.11. The topological polar surface area (TPSA) is 80.1 Å². The van der Waals surface area contributed by atoms with Gasteiger partial charge in [-0.2, -0.15) is 0 Å². The van der Waals surface area contributed by atoms with Crippen LogP contribution in [0.25, 0.3) is 11.3 Å². The Kier molecular flexibility index (Phi) is 4.88. The van der Waals surface area contributed by atoms with Crippen LogP contribution in [0.2, 0.25) is 0 Å². The van der Waals surface area contributed by atoms with Crippen LogP contribution in [0.5, 0.6) is 0 Å². The fourth-order valence-electron chi connectivity index (χ4n) is 2.69. The van der Waals surface area contributed by atoms with Crippen molar-refractivity contribution in [1.29, 1.82) is 0 Å². The first-order chi connectivity index (χ1) is 11.7. The number of carbonyl (C=O) groups excluding carboxylic acids is 2. The Bertz CT molecular complexity index is 707. The van der Waals surface area contributed by atoms with Gasteiger partial charge in [-0.25, -0.2) is 4.68 Å². The van der Waals surface area contributed by atoms with E-state index in [0.717, 1.165) is 11.3 Å². The lowest BCUT2D eigenvalue weighted by Gasteiger charge is -2.38. The van der Waals surface area contributed by atoms with Crippen molar-refractivity contribution < 1.29 is 9.59 Å². The second kappa shape index (κ2) is 7.25. The Labute approximate surface area is 140 Å². The third-order valence-corrected chi connectivity index (χ3v) is 4.11. The molecule has 0 spiro atoms. The largest absolute Gasteiger partial charge is 0.356 e. The van der Waals surface area contributed by atoms with E-state index in [0.29, 0.717) is 19.6 Å². The number of carbonyl (C=O) groups is 2. The summed E-state index contributed by atoms with van der Waals surface area (Å²) >= 11 is 0. The molecule has 0 bridgehead atoms. The summed E-state index contributed by atoms with van der Waals surface area (Å²) in [6, 6.07) is 10.0. The predicted octanol–water partition coefficient (Wildman–Crippen LogP) is 1.24. The molecule has 24 heavy (non-hydrogen) atoms. The number of nitrogens with zero attached hydrogens (tertiary/aromatic N) is 4. The van der Waals surface area contributed by atoms with Crippen molar-refractivity contribution in [2.45, 2.75) is 25.8 Å². The maximum absolute atomic E-state index is 12.0. The summed E-state index contributed by atoms with van der Waals surface area (Å²) in [7, 11) is 0. The maximum Gasteiger partial charge on any atom is 0.223 e. The number of amides is 2. The summed E-state index contributed by atoms with van der Waals surface area (Å²) < 4.78 is 1.82. The number of hydrogen-bond donors (Lipinski definition) is 1. The van der Waals surface area contributed by atoms with Crippen LogP contribution in [0.3, 0.4) is 0 Å². The molecule has 0 unspecified atom stereocenters. The molecule has 1 aromatic heterocycles. The van der Waals surface area contributed by atoms with E-state index in [2.05, 4.69) is 15.6 Å². The molecule has 0 atom stereocenters. The fraction of sp³-hybridized carbons (Fsp3) is 0.412. The molecule has 1 fully saturated rings. The van der Waals surface area contributed by atoms with Crippen molar-refractivity contribution in [3.05, 3.63) is 36.5 Å². The minimum absolute atomic E-state index is 0.0147. The lowest BCUT2D eigenvalue weighted by Crippen LogP contribution is -2.51. The summed E-state index contributed by atoms with van der Waals surface area (Å²) in [5.41, 5.74) is 1.86. The van der Waals surface area contributed by atoms with E-state index in [4.69, 9.17) is 0 Å². The van der Waals surface area contributed by atoms with E-state index < -0.39 is 0 Å². The highest BCUT2D eigenvalue weighted by Crippen LogP contribution is 2.23. The zero-order valence-electron chi connectivity index (χ0n) is 13.7. The van der Waals surface area contributed by atoms with Gasteiger partial charge in [-0.05, 0) is 6.92 Å². The van der Waals surface area contributed by atoms with Crippen LogP contribution in [0.4, 0.5) is 0 Å². The quantitative estimate of drug-likeness (QED) is 0.866. The predicted molar refractivity (Wildman–Crippen MR) is 89.0 cm³/mol. The molecule has 126 valence electrons. The third kappa shape index (κ3) is 3.61. The molecule has 7 heteroatoms. The molecule has 0 saturated carbocycles. The molecule has 1 saturated heterocycles. The molecule has 1 aliphatic rings. The lowest BCUT2D eigenvalue weighted by molar-refractivity contribution is -0.138. The minimum Gasteiger partial charge on any atom is -0.356 e. The first-order valence-corrected chi connectivity index (χ1v) is 8.19. The average molecular weight is 327 g/mol. The molecule has 3 rings (SSSR count).